The molecule has 0 heterocycles. The first kappa shape index (κ1) is 15.1. The van der Waals surface area contributed by atoms with Crippen molar-refractivity contribution in [3.8, 4) is 0 Å². The summed E-state index contributed by atoms with van der Waals surface area (Å²) in [6, 6.07) is 6.14. The highest BCUT2D eigenvalue weighted by Gasteiger charge is 2.08. The number of nitro groups is 1. The molecule has 0 aliphatic heterocycles. The number of non-ortho nitro benzene ring substituents is 1. The summed E-state index contributed by atoms with van der Waals surface area (Å²) in [6.07, 6.45) is 1.22. The summed E-state index contributed by atoms with van der Waals surface area (Å²) in [6.45, 7) is 4.30. The third kappa shape index (κ3) is 5.96. The molecule has 0 spiro atoms. The van der Waals surface area contributed by atoms with Gasteiger partial charge in [-0.1, -0.05) is 19.1 Å². The van der Waals surface area contributed by atoms with E-state index >= 15 is 0 Å². The average Bonchev–Trinajstić information content (AvgIpc) is 2.38. The number of benzene rings is 1. The van der Waals surface area contributed by atoms with Crippen molar-refractivity contribution in [2.45, 2.75) is 19.8 Å². The molecule has 1 aromatic rings. The fraction of sp³-hybridized carbons (Fsp3) is 0.462. The predicted molar refractivity (Wildman–Crippen MR) is 73.0 cm³/mol. The van der Waals surface area contributed by atoms with Gasteiger partial charge < -0.3 is 10.6 Å². The Morgan fingerprint density at radius 1 is 1.32 bits per heavy atom. The fourth-order valence-electron chi connectivity index (χ4n) is 1.62. The fourth-order valence-corrected chi connectivity index (χ4v) is 1.62. The number of carbonyl (C=O) groups is 1. The first-order valence-electron chi connectivity index (χ1n) is 6.34. The van der Waals surface area contributed by atoms with Gasteiger partial charge in [-0.05, 0) is 18.5 Å². The molecule has 1 amide bonds. The van der Waals surface area contributed by atoms with Crippen LogP contribution >= 0.6 is 0 Å². The smallest absolute Gasteiger partial charge is 0.269 e. The number of rotatable bonds is 8. The summed E-state index contributed by atoms with van der Waals surface area (Å²) in [7, 11) is 0. The molecule has 6 nitrogen and oxygen atoms in total. The highest BCUT2D eigenvalue weighted by Crippen LogP contribution is 2.13. The monoisotopic (exact) mass is 265 g/mol. The molecule has 0 unspecified atom stereocenters. The van der Waals surface area contributed by atoms with Crippen LogP contribution in [0, 0.1) is 10.1 Å². The van der Waals surface area contributed by atoms with Crippen molar-refractivity contribution in [1.29, 1.82) is 0 Å². The van der Waals surface area contributed by atoms with Gasteiger partial charge in [0.15, 0.2) is 0 Å². The number of amides is 1. The quantitative estimate of drug-likeness (QED) is 0.421. The van der Waals surface area contributed by atoms with E-state index in [1.807, 2.05) is 0 Å². The van der Waals surface area contributed by atoms with Crippen LogP contribution in [0.4, 0.5) is 5.69 Å². The molecule has 0 radical (unpaired) electrons. The molecule has 0 aliphatic carbocycles. The van der Waals surface area contributed by atoms with Crippen LogP contribution in [0.2, 0.25) is 0 Å². The van der Waals surface area contributed by atoms with Gasteiger partial charge >= 0.3 is 0 Å². The van der Waals surface area contributed by atoms with Gasteiger partial charge in [0.2, 0.25) is 5.91 Å². The Kier molecular flexibility index (Phi) is 6.52. The van der Waals surface area contributed by atoms with Gasteiger partial charge in [0, 0.05) is 25.2 Å². The normalized spacial score (nSPS) is 10.2. The van der Waals surface area contributed by atoms with Crippen molar-refractivity contribution in [2.24, 2.45) is 0 Å². The molecule has 2 N–H and O–H groups in total. The lowest BCUT2D eigenvalue weighted by molar-refractivity contribution is -0.384. The van der Waals surface area contributed by atoms with Crippen LogP contribution in [-0.2, 0) is 11.2 Å². The molecule has 0 bridgehead atoms. The third-order valence-corrected chi connectivity index (χ3v) is 2.54. The minimum Gasteiger partial charge on any atom is -0.355 e. The maximum atomic E-state index is 11.6. The van der Waals surface area contributed by atoms with Gasteiger partial charge in [-0.3, -0.25) is 14.9 Å². The summed E-state index contributed by atoms with van der Waals surface area (Å²) in [5, 5.41) is 16.5. The second-order valence-electron chi connectivity index (χ2n) is 4.20. The number of hydrogen-bond acceptors (Lipinski definition) is 4. The van der Waals surface area contributed by atoms with Crippen LogP contribution in [-0.4, -0.2) is 30.5 Å². The number of hydrogen-bond donors (Lipinski definition) is 2. The Bertz CT molecular complexity index is 435. The van der Waals surface area contributed by atoms with Crippen LogP contribution < -0.4 is 10.6 Å². The maximum absolute atomic E-state index is 11.6. The Morgan fingerprint density at radius 2 is 2.11 bits per heavy atom. The predicted octanol–water partition coefficient (Wildman–Crippen LogP) is 1.25. The molecule has 1 aromatic carbocycles. The van der Waals surface area contributed by atoms with Gasteiger partial charge in [-0.2, -0.15) is 0 Å². The first-order valence-corrected chi connectivity index (χ1v) is 6.34. The van der Waals surface area contributed by atoms with E-state index in [9.17, 15) is 14.9 Å². The van der Waals surface area contributed by atoms with Gasteiger partial charge in [0.1, 0.15) is 0 Å². The van der Waals surface area contributed by atoms with E-state index in [1.165, 1.54) is 12.1 Å². The molecule has 0 fully saturated rings. The zero-order valence-corrected chi connectivity index (χ0v) is 11.0. The molecular formula is C13H19N3O3. The Labute approximate surface area is 112 Å². The highest BCUT2D eigenvalue weighted by atomic mass is 16.6. The van der Waals surface area contributed by atoms with Crippen molar-refractivity contribution < 1.29 is 9.72 Å². The molecule has 104 valence electrons. The lowest BCUT2D eigenvalue weighted by Crippen LogP contribution is -2.32. The van der Waals surface area contributed by atoms with Crippen molar-refractivity contribution in [1.82, 2.24) is 10.6 Å². The summed E-state index contributed by atoms with van der Waals surface area (Å²) in [5.74, 6) is -0.126. The van der Waals surface area contributed by atoms with E-state index < -0.39 is 4.92 Å². The van der Waals surface area contributed by atoms with E-state index in [2.05, 4.69) is 17.6 Å². The number of nitro benzene ring substituents is 1. The SMILES string of the molecule is CCCNCCNC(=O)Cc1cccc([N+](=O)[O-])c1. The highest BCUT2D eigenvalue weighted by molar-refractivity contribution is 5.78. The minimum atomic E-state index is -0.462. The first-order chi connectivity index (χ1) is 9.13. The average molecular weight is 265 g/mol. The second-order valence-corrected chi connectivity index (χ2v) is 4.20. The number of nitrogens with zero attached hydrogens (tertiary/aromatic N) is 1. The van der Waals surface area contributed by atoms with Crippen LogP contribution in [0.15, 0.2) is 24.3 Å². The summed E-state index contributed by atoms with van der Waals surface area (Å²) < 4.78 is 0. The van der Waals surface area contributed by atoms with E-state index in [1.54, 1.807) is 12.1 Å². The van der Waals surface area contributed by atoms with Crippen LogP contribution in [0.25, 0.3) is 0 Å². The standard InChI is InChI=1S/C13H19N3O3/c1-2-6-14-7-8-15-13(17)10-11-4-3-5-12(9-11)16(18)19/h3-5,9,14H,2,6-8,10H2,1H3,(H,15,17). The van der Waals surface area contributed by atoms with Crippen molar-refractivity contribution in [3.63, 3.8) is 0 Å². The summed E-state index contributed by atoms with van der Waals surface area (Å²) in [5.41, 5.74) is 0.656. The summed E-state index contributed by atoms with van der Waals surface area (Å²) in [4.78, 5) is 21.8. The van der Waals surface area contributed by atoms with Crippen LogP contribution in [0.3, 0.4) is 0 Å². The van der Waals surface area contributed by atoms with Crippen LogP contribution in [0.5, 0.6) is 0 Å². The van der Waals surface area contributed by atoms with Gasteiger partial charge in [0.25, 0.3) is 5.69 Å². The Morgan fingerprint density at radius 3 is 2.79 bits per heavy atom. The minimum absolute atomic E-state index is 0.00918. The van der Waals surface area contributed by atoms with Crippen molar-refractivity contribution >= 4 is 11.6 Å². The van der Waals surface area contributed by atoms with E-state index in [0.29, 0.717) is 12.1 Å². The van der Waals surface area contributed by atoms with Crippen molar-refractivity contribution in [2.75, 3.05) is 19.6 Å². The number of nitrogens with one attached hydrogen (secondary N) is 2. The molecule has 0 saturated heterocycles. The Hall–Kier alpha value is -1.95. The van der Waals surface area contributed by atoms with Gasteiger partial charge in [0.05, 0.1) is 11.3 Å². The number of carbonyl (C=O) groups excluding carboxylic acids is 1. The summed E-state index contributed by atoms with van der Waals surface area (Å²) >= 11 is 0. The largest absolute Gasteiger partial charge is 0.355 e. The molecule has 0 saturated carbocycles. The van der Waals surface area contributed by atoms with E-state index in [4.69, 9.17) is 0 Å². The molecule has 6 heteroatoms. The van der Waals surface area contributed by atoms with E-state index in [-0.39, 0.29) is 18.0 Å². The topological polar surface area (TPSA) is 84.3 Å². The third-order valence-electron chi connectivity index (χ3n) is 2.54. The molecule has 0 aromatic heterocycles. The Balaban J connectivity index is 2.35. The lowest BCUT2D eigenvalue weighted by Gasteiger charge is -2.06. The van der Waals surface area contributed by atoms with Gasteiger partial charge in [-0.15, -0.1) is 0 Å². The van der Waals surface area contributed by atoms with Crippen LogP contribution in [0.1, 0.15) is 18.9 Å². The second kappa shape index (κ2) is 8.20. The molecule has 1 rings (SSSR count). The lowest BCUT2D eigenvalue weighted by atomic mass is 10.1. The molecule has 0 aliphatic rings. The molecular weight excluding hydrogens is 246 g/mol. The molecule has 19 heavy (non-hydrogen) atoms. The van der Waals surface area contributed by atoms with E-state index in [0.717, 1.165) is 19.5 Å². The van der Waals surface area contributed by atoms with Crippen molar-refractivity contribution in [3.05, 3.63) is 39.9 Å². The molecule has 0 atom stereocenters. The van der Waals surface area contributed by atoms with Gasteiger partial charge in [-0.25, -0.2) is 0 Å². The zero-order chi connectivity index (χ0) is 14.1. The maximum Gasteiger partial charge on any atom is 0.269 e. The zero-order valence-electron chi connectivity index (χ0n) is 11.0.